The third-order valence-corrected chi connectivity index (χ3v) is 4.05. The first-order valence-electron chi connectivity index (χ1n) is 4.69. The molecule has 1 aromatic heterocycles. The standard InChI is InChI=1S/C11H7Cl3N2S/c1-6-15-10(13)9(11(14)16-6)17-8-4-2-7(12)3-5-8/h2-5H,1H3. The first-order chi connectivity index (χ1) is 8.06. The van der Waals surface area contributed by atoms with Crippen molar-refractivity contribution >= 4 is 46.6 Å². The van der Waals surface area contributed by atoms with Gasteiger partial charge in [0.05, 0.1) is 4.90 Å². The van der Waals surface area contributed by atoms with Crippen molar-refractivity contribution in [3.05, 3.63) is 45.4 Å². The number of nitrogens with zero attached hydrogens (tertiary/aromatic N) is 2. The highest BCUT2D eigenvalue weighted by Crippen LogP contribution is 2.36. The van der Waals surface area contributed by atoms with Gasteiger partial charge in [0, 0.05) is 9.92 Å². The molecule has 0 spiro atoms. The SMILES string of the molecule is Cc1nc(Cl)c(Sc2ccc(Cl)cc2)c(Cl)n1. The molecule has 0 fully saturated rings. The monoisotopic (exact) mass is 304 g/mol. The molecule has 0 aliphatic rings. The van der Waals surface area contributed by atoms with Gasteiger partial charge in [0.2, 0.25) is 0 Å². The van der Waals surface area contributed by atoms with E-state index in [2.05, 4.69) is 9.97 Å². The van der Waals surface area contributed by atoms with Gasteiger partial charge in [-0.2, -0.15) is 0 Å². The molecule has 6 heteroatoms. The van der Waals surface area contributed by atoms with E-state index in [1.165, 1.54) is 11.8 Å². The highest BCUT2D eigenvalue weighted by Gasteiger charge is 2.11. The summed E-state index contributed by atoms with van der Waals surface area (Å²) < 4.78 is 0. The topological polar surface area (TPSA) is 25.8 Å². The number of hydrogen-bond acceptors (Lipinski definition) is 3. The summed E-state index contributed by atoms with van der Waals surface area (Å²) in [5, 5.41) is 1.41. The number of hydrogen-bond donors (Lipinski definition) is 0. The van der Waals surface area contributed by atoms with Crippen molar-refractivity contribution in [2.24, 2.45) is 0 Å². The van der Waals surface area contributed by atoms with Crippen LogP contribution < -0.4 is 0 Å². The van der Waals surface area contributed by atoms with E-state index in [9.17, 15) is 0 Å². The van der Waals surface area contributed by atoms with E-state index in [1.54, 1.807) is 19.1 Å². The van der Waals surface area contributed by atoms with Gasteiger partial charge < -0.3 is 0 Å². The van der Waals surface area contributed by atoms with Gasteiger partial charge in [-0.25, -0.2) is 9.97 Å². The Balaban J connectivity index is 2.33. The average Bonchev–Trinajstić information content (AvgIpc) is 2.26. The summed E-state index contributed by atoms with van der Waals surface area (Å²) in [4.78, 5) is 9.77. The van der Waals surface area contributed by atoms with Crippen LogP contribution in [0.4, 0.5) is 0 Å². The van der Waals surface area contributed by atoms with Gasteiger partial charge in [-0.15, -0.1) is 0 Å². The van der Waals surface area contributed by atoms with Crippen LogP contribution in [0.25, 0.3) is 0 Å². The Morgan fingerprint density at radius 2 is 1.47 bits per heavy atom. The average molecular weight is 306 g/mol. The molecule has 1 aromatic carbocycles. The molecule has 0 aliphatic carbocycles. The normalized spacial score (nSPS) is 10.6. The summed E-state index contributed by atoms with van der Waals surface area (Å²) in [5.74, 6) is 0.556. The van der Waals surface area contributed by atoms with Crippen molar-refractivity contribution in [2.45, 2.75) is 16.7 Å². The third kappa shape index (κ3) is 3.26. The van der Waals surface area contributed by atoms with E-state index in [-0.39, 0.29) is 0 Å². The van der Waals surface area contributed by atoms with Crippen LogP contribution in [0.2, 0.25) is 15.3 Å². The fraction of sp³-hybridized carbons (Fsp3) is 0.0909. The van der Waals surface area contributed by atoms with Gasteiger partial charge >= 0.3 is 0 Å². The summed E-state index contributed by atoms with van der Waals surface area (Å²) in [7, 11) is 0. The number of rotatable bonds is 2. The zero-order chi connectivity index (χ0) is 12.4. The molecule has 0 bridgehead atoms. The summed E-state index contributed by atoms with van der Waals surface area (Å²) in [5.41, 5.74) is 0. The zero-order valence-electron chi connectivity index (χ0n) is 8.75. The van der Waals surface area contributed by atoms with Crippen LogP contribution >= 0.6 is 46.6 Å². The molecule has 0 unspecified atom stereocenters. The zero-order valence-corrected chi connectivity index (χ0v) is 11.8. The van der Waals surface area contributed by atoms with Gasteiger partial charge in [0.15, 0.2) is 0 Å². The molecule has 0 atom stereocenters. The lowest BCUT2D eigenvalue weighted by molar-refractivity contribution is 1.01. The maximum Gasteiger partial charge on any atom is 0.148 e. The molecule has 0 radical (unpaired) electrons. The van der Waals surface area contributed by atoms with Crippen LogP contribution in [0.15, 0.2) is 34.1 Å². The molecular weight excluding hydrogens is 299 g/mol. The van der Waals surface area contributed by atoms with Crippen molar-refractivity contribution in [3.63, 3.8) is 0 Å². The molecule has 17 heavy (non-hydrogen) atoms. The Morgan fingerprint density at radius 1 is 0.941 bits per heavy atom. The second-order valence-electron chi connectivity index (χ2n) is 3.24. The maximum absolute atomic E-state index is 6.03. The van der Waals surface area contributed by atoms with Crippen LogP contribution in [0.3, 0.4) is 0 Å². The minimum Gasteiger partial charge on any atom is -0.220 e. The molecule has 1 heterocycles. The molecule has 0 amide bonds. The van der Waals surface area contributed by atoms with E-state index in [4.69, 9.17) is 34.8 Å². The van der Waals surface area contributed by atoms with Gasteiger partial charge in [-0.1, -0.05) is 46.6 Å². The van der Waals surface area contributed by atoms with E-state index in [1.807, 2.05) is 12.1 Å². The second-order valence-corrected chi connectivity index (χ2v) is 5.47. The second kappa shape index (κ2) is 5.44. The summed E-state index contributed by atoms with van der Waals surface area (Å²) in [6.45, 7) is 1.74. The summed E-state index contributed by atoms with van der Waals surface area (Å²) >= 11 is 19.3. The van der Waals surface area contributed by atoms with Gasteiger partial charge in [-0.3, -0.25) is 0 Å². The Kier molecular flexibility index (Phi) is 4.15. The largest absolute Gasteiger partial charge is 0.220 e. The van der Waals surface area contributed by atoms with Crippen LogP contribution in [0.5, 0.6) is 0 Å². The van der Waals surface area contributed by atoms with Crippen molar-refractivity contribution in [1.29, 1.82) is 0 Å². The first-order valence-corrected chi connectivity index (χ1v) is 6.64. The molecule has 88 valence electrons. The molecular formula is C11H7Cl3N2S. The Labute approximate surface area is 118 Å². The van der Waals surface area contributed by atoms with Gasteiger partial charge in [0.25, 0.3) is 0 Å². The third-order valence-electron chi connectivity index (χ3n) is 1.93. The molecule has 2 aromatic rings. The summed E-state index contributed by atoms with van der Waals surface area (Å²) in [6.07, 6.45) is 0. The highest BCUT2D eigenvalue weighted by molar-refractivity contribution is 7.99. The van der Waals surface area contributed by atoms with Crippen molar-refractivity contribution in [1.82, 2.24) is 9.97 Å². The molecule has 0 saturated heterocycles. The first kappa shape index (κ1) is 13.0. The smallest absolute Gasteiger partial charge is 0.148 e. The van der Waals surface area contributed by atoms with Crippen molar-refractivity contribution in [2.75, 3.05) is 0 Å². The lowest BCUT2D eigenvalue weighted by Crippen LogP contribution is -1.91. The van der Waals surface area contributed by atoms with Crippen LogP contribution in [-0.2, 0) is 0 Å². The summed E-state index contributed by atoms with van der Waals surface area (Å²) in [6, 6.07) is 7.39. The predicted octanol–water partition coefficient (Wildman–Crippen LogP) is 4.90. The van der Waals surface area contributed by atoms with Crippen LogP contribution in [0, 0.1) is 6.92 Å². The van der Waals surface area contributed by atoms with E-state index < -0.39 is 0 Å². The fourth-order valence-corrected chi connectivity index (χ4v) is 2.80. The minimum absolute atomic E-state index is 0.363. The molecule has 0 N–H and O–H groups in total. The lowest BCUT2D eigenvalue weighted by atomic mass is 10.4. The van der Waals surface area contributed by atoms with Gasteiger partial charge in [-0.05, 0) is 31.2 Å². The minimum atomic E-state index is 0.363. The molecule has 0 aliphatic heterocycles. The number of halogens is 3. The Morgan fingerprint density at radius 3 is 2.00 bits per heavy atom. The van der Waals surface area contributed by atoms with Crippen LogP contribution in [-0.4, -0.2) is 9.97 Å². The maximum atomic E-state index is 6.03. The number of benzene rings is 1. The molecule has 2 nitrogen and oxygen atoms in total. The lowest BCUT2D eigenvalue weighted by Gasteiger charge is -2.06. The van der Waals surface area contributed by atoms with Crippen LogP contribution in [0.1, 0.15) is 5.82 Å². The molecule has 0 saturated carbocycles. The fourth-order valence-electron chi connectivity index (χ4n) is 1.20. The predicted molar refractivity (Wildman–Crippen MR) is 72.4 cm³/mol. The van der Waals surface area contributed by atoms with E-state index in [0.717, 1.165) is 4.90 Å². The van der Waals surface area contributed by atoms with E-state index >= 15 is 0 Å². The number of aryl methyl sites for hydroxylation is 1. The Hall–Kier alpha value is -0.480. The highest BCUT2D eigenvalue weighted by atomic mass is 35.5. The van der Waals surface area contributed by atoms with Gasteiger partial charge in [0.1, 0.15) is 16.1 Å². The van der Waals surface area contributed by atoms with Crippen molar-refractivity contribution < 1.29 is 0 Å². The van der Waals surface area contributed by atoms with Crippen molar-refractivity contribution in [3.8, 4) is 0 Å². The Bertz CT molecular complexity index is 520. The molecule has 2 rings (SSSR count). The quantitative estimate of drug-likeness (QED) is 0.738. The van der Waals surface area contributed by atoms with E-state index in [0.29, 0.717) is 26.0 Å². The number of aromatic nitrogens is 2.